The molecule has 1 aromatic carbocycles. The second-order valence-electron chi connectivity index (χ2n) is 7.40. The number of nitrogens with one attached hydrogen (secondary N) is 1. The van der Waals surface area contributed by atoms with Gasteiger partial charge in [0.1, 0.15) is 23.0 Å². The lowest BCUT2D eigenvalue weighted by Gasteiger charge is -2.14. The minimum atomic E-state index is -1.08. The lowest BCUT2D eigenvalue weighted by molar-refractivity contribution is -0.142. The molecule has 0 bridgehead atoms. The average Bonchev–Trinajstić information content (AvgIpc) is 2.94. The number of carboxylic acid groups (broad SMARTS) is 1. The molecule has 7 heteroatoms. The van der Waals surface area contributed by atoms with Gasteiger partial charge in [0, 0.05) is 16.8 Å². The number of aliphatic carboxylic acids is 1. The Balaban J connectivity index is 1.95. The van der Waals surface area contributed by atoms with Crippen LogP contribution < -0.4 is 10.9 Å². The Hall–Kier alpha value is -3.09. The van der Waals surface area contributed by atoms with Crippen molar-refractivity contribution in [2.75, 3.05) is 0 Å². The molecule has 0 aliphatic carbocycles. The molecule has 1 atom stereocenters. The van der Waals surface area contributed by atoms with Gasteiger partial charge in [0.05, 0.1) is 12.0 Å². The van der Waals surface area contributed by atoms with Gasteiger partial charge in [0.25, 0.3) is 0 Å². The molecule has 0 unspecified atom stereocenters. The lowest BCUT2D eigenvalue weighted by Crippen LogP contribution is -2.42. The molecule has 0 fully saturated rings. The SMILES string of the molecule is CCCC[C@H](NC(=O)Cc1c(C)c2cc3c(C)c(C)oc3cc2oc1=O)C(=O)O. The Bertz CT molecular complexity index is 1150. The highest BCUT2D eigenvalue weighted by atomic mass is 16.4. The van der Waals surface area contributed by atoms with Gasteiger partial charge in [-0.25, -0.2) is 9.59 Å². The number of rotatable bonds is 7. The van der Waals surface area contributed by atoms with Crippen LogP contribution in [0.15, 0.2) is 25.8 Å². The summed E-state index contributed by atoms with van der Waals surface area (Å²) >= 11 is 0. The Labute approximate surface area is 167 Å². The Morgan fingerprint density at radius 3 is 2.38 bits per heavy atom. The van der Waals surface area contributed by atoms with Gasteiger partial charge in [0.2, 0.25) is 5.91 Å². The van der Waals surface area contributed by atoms with E-state index in [1.165, 1.54) is 0 Å². The number of carbonyl (C=O) groups is 2. The number of amides is 1. The summed E-state index contributed by atoms with van der Waals surface area (Å²) in [5.41, 5.74) is 2.31. The van der Waals surface area contributed by atoms with Gasteiger partial charge in [-0.3, -0.25) is 4.79 Å². The number of aryl methyl sites for hydroxylation is 3. The van der Waals surface area contributed by atoms with Crippen LogP contribution in [0.2, 0.25) is 0 Å². The molecule has 0 aliphatic rings. The van der Waals surface area contributed by atoms with Crippen molar-refractivity contribution in [1.29, 1.82) is 0 Å². The number of hydrogen-bond donors (Lipinski definition) is 2. The maximum Gasteiger partial charge on any atom is 0.340 e. The first-order valence-corrected chi connectivity index (χ1v) is 9.71. The Morgan fingerprint density at radius 2 is 1.72 bits per heavy atom. The van der Waals surface area contributed by atoms with Crippen LogP contribution in [0.3, 0.4) is 0 Å². The molecule has 0 aliphatic heterocycles. The second kappa shape index (κ2) is 8.11. The summed E-state index contributed by atoms with van der Waals surface area (Å²) in [4.78, 5) is 36.3. The first-order chi connectivity index (χ1) is 13.7. The van der Waals surface area contributed by atoms with Gasteiger partial charge in [-0.1, -0.05) is 19.8 Å². The third-order valence-electron chi connectivity index (χ3n) is 5.40. The van der Waals surface area contributed by atoms with Crippen molar-refractivity contribution in [2.24, 2.45) is 0 Å². The molecule has 3 aromatic rings. The van der Waals surface area contributed by atoms with E-state index in [1.807, 2.05) is 26.8 Å². The standard InChI is InChI=1S/C22H25NO6/c1-5-6-7-17(21(25)26)23-20(24)9-16-12(3)15-8-14-11(2)13(4)28-18(14)10-19(15)29-22(16)27/h8,10,17H,5-7,9H2,1-4H3,(H,23,24)(H,25,26)/t17-/m0/s1. The van der Waals surface area contributed by atoms with Crippen LogP contribution in [0, 0.1) is 20.8 Å². The van der Waals surface area contributed by atoms with Gasteiger partial charge in [-0.15, -0.1) is 0 Å². The number of hydrogen-bond acceptors (Lipinski definition) is 5. The van der Waals surface area contributed by atoms with Crippen molar-refractivity contribution in [1.82, 2.24) is 5.32 Å². The maximum atomic E-state index is 12.5. The monoisotopic (exact) mass is 399 g/mol. The van der Waals surface area contributed by atoms with Gasteiger partial charge >= 0.3 is 11.6 Å². The van der Waals surface area contributed by atoms with Crippen LogP contribution in [-0.2, 0) is 16.0 Å². The van der Waals surface area contributed by atoms with E-state index in [-0.39, 0.29) is 12.0 Å². The number of furan rings is 1. The third-order valence-corrected chi connectivity index (χ3v) is 5.40. The highest BCUT2D eigenvalue weighted by Crippen LogP contribution is 2.31. The Kier molecular flexibility index (Phi) is 5.77. The molecule has 1 amide bonds. The van der Waals surface area contributed by atoms with E-state index in [4.69, 9.17) is 8.83 Å². The van der Waals surface area contributed by atoms with E-state index in [9.17, 15) is 19.5 Å². The fraction of sp³-hybridized carbons (Fsp3) is 0.409. The molecular formula is C22H25NO6. The largest absolute Gasteiger partial charge is 0.480 e. The van der Waals surface area contributed by atoms with Crippen molar-refractivity contribution in [3.8, 4) is 0 Å². The number of benzene rings is 1. The van der Waals surface area contributed by atoms with Crippen LogP contribution >= 0.6 is 0 Å². The molecule has 2 N–H and O–H groups in total. The zero-order valence-corrected chi connectivity index (χ0v) is 17.0. The average molecular weight is 399 g/mol. The van der Waals surface area contributed by atoms with E-state index in [0.29, 0.717) is 29.6 Å². The van der Waals surface area contributed by atoms with E-state index in [0.717, 1.165) is 28.5 Å². The summed E-state index contributed by atoms with van der Waals surface area (Å²) in [5, 5.41) is 13.5. The third kappa shape index (κ3) is 4.04. The van der Waals surface area contributed by atoms with Crippen molar-refractivity contribution in [3.63, 3.8) is 0 Å². The molecule has 29 heavy (non-hydrogen) atoms. The zero-order valence-electron chi connectivity index (χ0n) is 17.0. The summed E-state index contributed by atoms with van der Waals surface area (Å²) in [6, 6.07) is 2.62. The summed E-state index contributed by atoms with van der Waals surface area (Å²) in [7, 11) is 0. The molecule has 3 rings (SSSR count). The molecule has 2 aromatic heterocycles. The van der Waals surface area contributed by atoms with Crippen LogP contribution in [0.1, 0.15) is 48.6 Å². The van der Waals surface area contributed by atoms with Gasteiger partial charge < -0.3 is 19.3 Å². The van der Waals surface area contributed by atoms with Crippen LogP contribution in [0.5, 0.6) is 0 Å². The molecule has 0 spiro atoms. The van der Waals surface area contributed by atoms with Crippen molar-refractivity contribution in [2.45, 2.75) is 59.4 Å². The molecule has 0 saturated heterocycles. The summed E-state index contributed by atoms with van der Waals surface area (Å²) in [6.07, 6.45) is 1.63. The van der Waals surface area contributed by atoms with Crippen LogP contribution in [-0.4, -0.2) is 23.0 Å². The molecule has 2 heterocycles. The fourth-order valence-electron chi connectivity index (χ4n) is 3.50. The number of fused-ring (bicyclic) bond motifs is 2. The molecular weight excluding hydrogens is 374 g/mol. The highest BCUT2D eigenvalue weighted by molar-refractivity contribution is 5.97. The molecule has 0 radical (unpaired) electrons. The number of carboxylic acids is 1. The molecule has 0 saturated carbocycles. The molecule has 154 valence electrons. The van der Waals surface area contributed by atoms with Gasteiger partial charge in [-0.2, -0.15) is 0 Å². The minimum absolute atomic E-state index is 0.229. The fourth-order valence-corrected chi connectivity index (χ4v) is 3.50. The quantitative estimate of drug-likeness (QED) is 0.585. The predicted octanol–water partition coefficient (Wildman–Crippen LogP) is 3.77. The van der Waals surface area contributed by atoms with Crippen LogP contribution in [0.25, 0.3) is 21.9 Å². The maximum absolute atomic E-state index is 12.5. The van der Waals surface area contributed by atoms with Crippen molar-refractivity contribution < 1.29 is 23.5 Å². The van der Waals surface area contributed by atoms with Gasteiger partial charge in [-0.05, 0) is 44.4 Å². The summed E-state index contributed by atoms with van der Waals surface area (Å²) in [6.45, 7) is 7.54. The molecule has 7 nitrogen and oxygen atoms in total. The van der Waals surface area contributed by atoms with Crippen molar-refractivity contribution in [3.05, 3.63) is 45.0 Å². The van der Waals surface area contributed by atoms with Crippen molar-refractivity contribution >= 4 is 33.8 Å². The summed E-state index contributed by atoms with van der Waals surface area (Å²) in [5.74, 6) is -0.802. The lowest BCUT2D eigenvalue weighted by atomic mass is 10.0. The van der Waals surface area contributed by atoms with Crippen LogP contribution in [0.4, 0.5) is 0 Å². The smallest absolute Gasteiger partial charge is 0.340 e. The minimum Gasteiger partial charge on any atom is -0.480 e. The first kappa shape index (κ1) is 20.6. The summed E-state index contributed by atoms with van der Waals surface area (Å²) < 4.78 is 11.1. The van der Waals surface area contributed by atoms with E-state index >= 15 is 0 Å². The Morgan fingerprint density at radius 1 is 1.07 bits per heavy atom. The number of carbonyl (C=O) groups excluding carboxylic acids is 1. The zero-order chi connectivity index (χ0) is 21.3. The predicted molar refractivity (Wildman–Crippen MR) is 109 cm³/mol. The first-order valence-electron chi connectivity index (χ1n) is 9.71. The van der Waals surface area contributed by atoms with E-state index in [1.54, 1.807) is 13.0 Å². The van der Waals surface area contributed by atoms with E-state index < -0.39 is 23.5 Å². The van der Waals surface area contributed by atoms with Gasteiger partial charge in [0.15, 0.2) is 0 Å². The topological polar surface area (TPSA) is 110 Å². The van der Waals surface area contributed by atoms with E-state index in [2.05, 4.69) is 5.32 Å². The second-order valence-corrected chi connectivity index (χ2v) is 7.40. The highest BCUT2D eigenvalue weighted by Gasteiger charge is 2.22. The normalized spacial score (nSPS) is 12.4. The number of unbranched alkanes of at least 4 members (excludes halogenated alkanes) is 1.